The third-order valence-electron chi connectivity index (χ3n) is 26.3. The molecule has 0 spiro atoms. The van der Waals surface area contributed by atoms with Crippen molar-refractivity contribution in [2.45, 2.75) is 265 Å². The predicted molar refractivity (Wildman–Crippen MR) is 618 cm³/mol. The average molecular weight is 2130 g/mol. The summed E-state index contributed by atoms with van der Waals surface area (Å²) < 4.78 is 60.1. The van der Waals surface area contributed by atoms with E-state index in [4.69, 9.17) is 55.5 Å². The van der Waals surface area contributed by atoms with Crippen molar-refractivity contribution in [3.05, 3.63) is 97.2 Å². The summed E-state index contributed by atoms with van der Waals surface area (Å²) in [6.07, 6.45) is 34.3. The number of likely N-dealkylation sites (N-methyl/N-ethyl adjacent to an activating group) is 10. The third-order valence-corrected chi connectivity index (χ3v) is 26.3. The van der Waals surface area contributed by atoms with Crippen LogP contribution in [0, 0.1) is 24.7 Å². The maximum atomic E-state index is 11.4. The van der Waals surface area contributed by atoms with Gasteiger partial charge in [0.25, 0.3) is 0 Å². The van der Waals surface area contributed by atoms with Crippen LogP contribution >= 0.6 is 0 Å². The number of esters is 10. The van der Waals surface area contributed by atoms with Crippen LogP contribution in [-0.4, -0.2) is 437 Å². The van der Waals surface area contributed by atoms with Gasteiger partial charge in [0.05, 0.1) is 201 Å². The van der Waals surface area contributed by atoms with E-state index in [1.54, 1.807) is 58.9 Å². The molecule has 0 aliphatic rings. The lowest BCUT2D eigenvalue weighted by molar-refractivity contribution is -0.927. The molecule has 0 rings (SSSR count). The second-order valence-corrected chi connectivity index (χ2v) is 41.0. The molecule has 2 atom stereocenters. The van der Waals surface area contributed by atoms with Crippen molar-refractivity contribution in [1.82, 2.24) is 0 Å². The minimum Gasteiger partial charge on any atom is -0.457 e. The lowest BCUT2D eigenvalue weighted by Gasteiger charge is -2.37. The summed E-state index contributed by atoms with van der Waals surface area (Å²) in [5.41, 5.74) is 1.88. The summed E-state index contributed by atoms with van der Waals surface area (Å²) in [6.45, 7) is 111. The Kier molecular flexibility index (Phi) is 106. The highest BCUT2D eigenvalue weighted by Gasteiger charge is 2.30. The van der Waals surface area contributed by atoms with Gasteiger partial charge >= 0.3 is 59.7 Å². The molecule has 0 saturated heterocycles. The van der Waals surface area contributed by atoms with E-state index in [1.807, 2.05) is 53.8 Å². The lowest BCUT2D eigenvalue weighted by Crippen LogP contribution is -2.51. The van der Waals surface area contributed by atoms with Crippen molar-refractivity contribution in [2.75, 3.05) is 332 Å². The molecule has 0 aromatic carbocycles. The fraction of sp³-hybridized carbons (Fsp3) is 0.748. The molecule has 149 heavy (non-hydrogen) atoms. The smallest absolute Gasteiger partial charge is 0.384 e. The van der Waals surface area contributed by atoms with Gasteiger partial charge in [-0.3, -0.25) is 0 Å². The van der Waals surface area contributed by atoms with Crippen LogP contribution in [0.25, 0.3) is 0 Å². The maximum absolute atomic E-state index is 11.4. The van der Waals surface area contributed by atoms with E-state index >= 15 is 0 Å². The molecule has 0 aliphatic carbocycles. The number of carbonyl (C=O) groups is 10. The monoisotopic (exact) mass is 2120 g/mol. The number of quaternary nitrogens is 10. The number of hydrogen-bond acceptors (Lipinski definition) is 20. The van der Waals surface area contributed by atoms with Gasteiger partial charge in [-0.1, -0.05) is 119 Å². The molecule has 0 heterocycles. The largest absolute Gasteiger partial charge is 0.457 e. The molecule has 30 nitrogen and oxygen atoms in total. The Hall–Kier alpha value is -8.66. The number of terminal acetylenes is 2. The first-order chi connectivity index (χ1) is 69.8. The molecule has 0 radical (unpaired) electrons. The molecule has 0 N–H and O–H groups in total. The molecule has 0 aromatic heterocycles. The maximum Gasteiger partial charge on any atom is 0.384 e. The Labute approximate surface area is 914 Å². The molecule has 30 heteroatoms. The summed E-state index contributed by atoms with van der Waals surface area (Å²) in [7, 11) is 18.4. The number of ether oxygens (including phenoxy) is 10. The highest BCUT2D eigenvalue weighted by Crippen LogP contribution is 2.17. The molecule has 0 bridgehead atoms. The SMILES string of the molecule is C#CC(=O)OCC[N+](C)(C)C.C#CC(=O)OCC[N+](CC)(CC)CC.C/C=C/C(=O)OCC[N+](C)(C)C.C/C=C/C(=O)OCC[N+](CC)(CC)CC.C/C=C/C(=O)OCC[N+](CC)(CCC)CCC.C/C=C/C(=O)OCC[N+](CC)(CCC)CCCC.C=C(C)C(=O)OCC[N+](C)(C)C.C=C(C)C(=O)OCC[N+](CC)(CC)CC.C=C(C)C(=O)OCC[N+](CC)(CCC)CCC.C=C(C)C(=O)OCC[N+](CC)(CCC)CCCC. The van der Waals surface area contributed by atoms with E-state index < -0.39 is 11.9 Å². The van der Waals surface area contributed by atoms with Crippen molar-refractivity contribution in [2.24, 2.45) is 0 Å². The number of rotatable bonds is 69. The van der Waals surface area contributed by atoms with Gasteiger partial charge < -0.3 is 92.2 Å². The zero-order chi connectivity index (χ0) is 117. The Balaban J connectivity index is -0.000000181. The van der Waals surface area contributed by atoms with Gasteiger partial charge in [0.1, 0.15) is 132 Å². The van der Waals surface area contributed by atoms with Crippen molar-refractivity contribution in [3.8, 4) is 24.7 Å². The summed E-state index contributed by atoms with van der Waals surface area (Å²) in [4.78, 5) is 110. The first-order valence-corrected chi connectivity index (χ1v) is 55.9. The fourth-order valence-electron chi connectivity index (χ4n) is 15.4. The molecule has 0 aliphatic heterocycles. The number of carbonyl (C=O) groups excluding carboxylic acids is 10. The van der Waals surface area contributed by atoms with Gasteiger partial charge in [-0.05, 0) is 197 Å². The van der Waals surface area contributed by atoms with Gasteiger partial charge in [-0.15, -0.1) is 12.8 Å². The van der Waals surface area contributed by atoms with E-state index in [1.165, 1.54) is 128 Å². The van der Waals surface area contributed by atoms with Crippen LogP contribution in [0.4, 0.5) is 0 Å². The topological polar surface area (TPSA) is 263 Å². The highest BCUT2D eigenvalue weighted by atomic mass is 16.6. The number of unbranched alkanes of at least 4 members (excludes halogenated alkanes) is 2. The second kappa shape index (κ2) is 98.7. The van der Waals surface area contributed by atoms with Gasteiger partial charge in [0.2, 0.25) is 0 Å². The summed E-state index contributed by atoms with van der Waals surface area (Å²) >= 11 is 0. The van der Waals surface area contributed by atoms with Gasteiger partial charge in [0.15, 0.2) is 0 Å². The molecule has 0 amide bonds. The Morgan fingerprint density at radius 2 is 0.362 bits per heavy atom. The van der Waals surface area contributed by atoms with Gasteiger partial charge in [-0.2, -0.15) is 0 Å². The van der Waals surface area contributed by atoms with E-state index in [0.717, 1.165) is 208 Å². The van der Waals surface area contributed by atoms with E-state index in [9.17, 15) is 47.9 Å². The minimum absolute atomic E-state index is 0.223. The number of allylic oxidation sites excluding steroid dienone is 4. The van der Waals surface area contributed by atoms with Crippen LogP contribution in [-0.2, 0) is 95.3 Å². The van der Waals surface area contributed by atoms with E-state index in [0.29, 0.717) is 88.4 Å². The number of hydrogen-bond donors (Lipinski definition) is 0. The van der Waals surface area contributed by atoms with Crippen molar-refractivity contribution in [3.63, 3.8) is 0 Å². The minimum atomic E-state index is -0.585. The zero-order valence-electron chi connectivity index (χ0n) is 103. The van der Waals surface area contributed by atoms with Crippen LogP contribution < -0.4 is 0 Å². The van der Waals surface area contributed by atoms with Crippen LogP contribution in [0.3, 0.4) is 0 Å². The Morgan fingerprint density at radius 3 is 0.510 bits per heavy atom. The van der Waals surface area contributed by atoms with Crippen molar-refractivity contribution >= 4 is 59.7 Å². The molecule has 2 unspecified atom stereocenters. The van der Waals surface area contributed by atoms with Crippen LogP contribution in [0.15, 0.2) is 97.2 Å². The normalized spacial score (nSPS) is 12.1. The first-order valence-electron chi connectivity index (χ1n) is 55.9. The third kappa shape index (κ3) is 95.0. The molecule has 870 valence electrons. The van der Waals surface area contributed by atoms with Crippen LogP contribution in [0.5, 0.6) is 0 Å². The summed E-state index contributed by atoms with van der Waals surface area (Å²) in [5, 5.41) is 0. The predicted octanol–water partition coefficient (Wildman–Crippen LogP) is 18.3. The van der Waals surface area contributed by atoms with E-state index in [-0.39, 0.29) is 47.8 Å². The van der Waals surface area contributed by atoms with E-state index in [2.05, 4.69) is 219 Å². The second-order valence-electron chi connectivity index (χ2n) is 41.0. The van der Waals surface area contributed by atoms with Crippen LogP contribution in [0.1, 0.15) is 265 Å². The zero-order valence-corrected chi connectivity index (χ0v) is 103. The molecular weight excluding hydrogens is 1890 g/mol. The average Bonchev–Trinajstić information content (AvgIpc) is 0.875. The Morgan fingerprint density at radius 1 is 0.215 bits per heavy atom. The van der Waals surface area contributed by atoms with Gasteiger partial charge in [0, 0.05) is 58.4 Å². The van der Waals surface area contributed by atoms with Crippen LogP contribution in [0.2, 0.25) is 0 Å². The standard InChI is InChI=1S/2C15H30NO2.2C14H28NO2.2C12H24NO2.C11H20NO2.2C9H18NO2.C8H14NO2/c1-6-9-11-16(8-3,10-7-2)12-13-18-15(17)14(4)5;1-5-9-12-16(8-4,11-7-3)13-14-18-15(17)10-6-2;1-6-9-15(8-3,10-7-2)11-12-17-14(16)13(4)5;1-5-9-14(16)17-13-12-15(8-4,10-6-2)11-7-3;1-6-13(7-2,8-3)9-10-15-12(14)11(4)5;1-5-9-12(14)15-11-10-13(6-2,7-3)8-4;1-5-11(13)14-10-9-12(6-2,7-3)8-4;1-8(2)9(11)12-7-6-10(3,4)5;1-5-6-9(11)12-8-7-10(2,3)4;1-5-8(10)11-7-6-9(2,3)4/h4,6-13H2,1-3,5H3;6,10H,5,7-9,11-14H2,1-4H3;4,6-12H2,1-3,5H3;5,9H,6-8,10-13H2,1-4H3;4,6-10H2,1-3,5H3;5,9H,6-8,10-11H2,1-4H3;1H,6-10H2,2-4H3;1,6-7H2,2-5H3;5-6H,7-8H2,1-4H3;1H,6-7H2,2-4H3/q10*+1/b;10-6+;;9-5+;;9-5+;;;6-5+;. The molecule has 0 aromatic rings. The lowest BCUT2D eigenvalue weighted by atomic mass is 10.2. The van der Waals surface area contributed by atoms with Crippen molar-refractivity contribution in [1.29, 1.82) is 0 Å². The Bertz CT molecular complexity index is 3700. The van der Waals surface area contributed by atoms with Gasteiger partial charge in [-0.25, -0.2) is 47.9 Å². The highest BCUT2D eigenvalue weighted by molar-refractivity contribution is 5.89. The molecule has 0 saturated carbocycles. The summed E-state index contributed by atoms with van der Waals surface area (Å²) in [6, 6.07) is 0. The van der Waals surface area contributed by atoms with Crippen molar-refractivity contribution < 1.29 is 140 Å². The fourth-order valence-corrected chi connectivity index (χ4v) is 15.4. The summed E-state index contributed by atoms with van der Waals surface area (Å²) in [5.74, 6) is 0.604. The quantitative estimate of drug-likeness (QED) is 0.0137. The number of nitrogens with zero attached hydrogens (tertiary/aromatic N) is 10. The molecule has 0 fully saturated rings. The first kappa shape index (κ1) is 160. The molecular formula is C119H234N10O20+10.